The zero-order valence-corrected chi connectivity index (χ0v) is 11.6. The van der Waals surface area contributed by atoms with Crippen molar-refractivity contribution < 1.29 is 9.47 Å². The molecule has 0 amide bonds. The summed E-state index contributed by atoms with van der Waals surface area (Å²) in [5, 5.41) is 0. The first-order valence-corrected chi connectivity index (χ1v) is 6.45. The predicted molar refractivity (Wildman–Crippen MR) is 76.2 cm³/mol. The molecule has 0 saturated carbocycles. The number of rotatable bonds is 3. The van der Waals surface area contributed by atoms with Crippen LogP contribution in [0.5, 0.6) is 0 Å². The molecule has 0 aliphatic carbocycles. The van der Waals surface area contributed by atoms with Crippen molar-refractivity contribution in [2.75, 3.05) is 13.2 Å². The molecule has 19 heavy (non-hydrogen) atoms. The van der Waals surface area contributed by atoms with Gasteiger partial charge in [0.15, 0.2) is 0 Å². The molecule has 3 heteroatoms. The fourth-order valence-electron chi connectivity index (χ4n) is 1.72. The Hall–Kier alpha value is -1.79. The zero-order chi connectivity index (χ0) is 13.7. The normalized spacial score (nSPS) is 17.9. The lowest BCUT2D eigenvalue weighted by molar-refractivity contribution is 0.118. The van der Waals surface area contributed by atoms with Crippen LogP contribution in [-0.4, -0.2) is 30.8 Å². The van der Waals surface area contributed by atoms with Crippen LogP contribution < -0.4 is 0 Å². The van der Waals surface area contributed by atoms with E-state index < -0.39 is 0 Å². The van der Waals surface area contributed by atoms with Crippen LogP contribution in [0.25, 0.3) is 0 Å². The number of ether oxygens (including phenoxy) is 2. The van der Waals surface area contributed by atoms with Crippen molar-refractivity contribution in [2.45, 2.75) is 32.4 Å². The monoisotopic (exact) mass is 257 g/mol. The Kier molecular flexibility index (Phi) is 4.24. The van der Waals surface area contributed by atoms with Gasteiger partial charge in [-0.1, -0.05) is 30.0 Å². The highest BCUT2D eigenvalue weighted by atomic mass is 16.5. The molecule has 1 aliphatic heterocycles. The smallest absolute Gasteiger partial charge is 0.213 e. The van der Waals surface area contributed by atoms with Gasteiger partial charge >= 0.3 is 0 Å². The Morgan fingerprint density at radius 3 is 2.74 bits per heavy atom. The summed E-state index contributed by atoms with van der Waals surface area (Å²) < 4.78 is 11.1. The molecule has 0 fully saturated rings. The molecule has 1 aliphatic rings. The lowest BCUT2D eigenvalue weighted by atomic mass is 10.1. The zero-order valence-electron chi connectivity index (χ0n) is 11.6. The average molecular weight is 257 g/mol. The van der Waals surface area contributed by atoms with Crippen molar-refractivity contribution in [3.05, 3.63) is 35.9 Å². The molecule has 1 heterocycles. The molecule has 100 valence electrons. The van der Waals surface area contributed by atoms with Gasteiger partial charge in [-0.15, -0.1) is 0 Å². The van der Waals surface area contributed by atoms with Crippen molar-refractivity contribution in [1.82, 2.24) is 0 Å². The number of benzene rings is 1. The van der Waals surface area contributed by atoms with Crippen molar-refractivity contribution in [3.8, 4) is 11.8 Å². The number of aliphatic imine (C=N–C) groups is 1. The molecule has 0 spiro atoms. The van der Waals surface area contributed by atoms with Crippen molar-refractivity contribution >= 4 is 5.90 Å². The maximum atomic E-state index is 5.61. The van der Waals surface area contributed by atoms with Gasteiger partial charge < -0.3 is 9.47 Å². The Balaban J connectivity index is 1.82. The first kappa shape index (κ1) is 13.6. The molecule has 0 N–H and O–H groups in total. The Morgan fingerprint density at radius 1 is 1.37 bits per heavy atom. The third kappa shape index (κ3) is 4.11. The quantitative estimate of drug-likeness (QED) is 0.779. The fourth-order valence-corrected chi connectivity index (χ4v) is 1.72. The van der Waals surface area contributed by atoms with E-state index in [0.717, 1.165) is 5.56 Å². The summed E-state index contributed by atoms with van der Waals surface area (Å²) in [5.74, 6) is 6.72. The first-order chi connectivity index (χ1) is 9.07. The molecule has 0 radical (unpaired) electrons. The molecule has 1 aromatic carbocycles. The summed E-state index contributed by atoms with van der Waals surface area (Å²) in [7, 11) is 0. The summed E-state index contributed by atoms with van der Waals surface area (Å²) >= 11 is 0. The van der Waals surface area contributed by atoms with Crippen LogP contribution in [0.3, 0.4) is 0 Å². The summed E-state index contributed by atoms with van der Waals surface area (Å²) in [6.07, 6.45) is -0.146. The third-order valence-corrected chi connectivity index (χ3v) is 2.75. The molecule has 1 unspecified atom stereocenters. The van der Waals surface area contributed by atoms with E-state index in [1.165, 1.54) is 0 Å². The molecule has 1 aromatic rings. The van der Waals surface area contributed by atoms with Crippen LogP contribution in [0.1, 0.15) is 26.3 Å². The summed E-state index contributed by atoms with van der Waals surface area (Å²) in [5.41, 5.74) is 0.859. The topological polar surface area (TPSA) is 30.8 Å². The van der Waals surface area contributed by atoms with Crippen molar-refractivity contribution in [1.29, 1.82) is 0 Å². The Labute approximate surface area is 114 Å². The average Bonchev–Trinajstić information content (AvgIpc) is 2.76. The number of hydrogen-bond donors (Lipinski definition) is 0. The van der Waals surface area contributed by atoms with Crippen LogP contribution in [-0.2, 0) is 9.47 Å². The Bertz CT molecular complexity index is 509. The van der Waals surface area contributed by atoms with E-state index >= 15 is 0 Å². The van der Waals surface area contributed by atoms with Gasteiger partial charge in [0.25, 0.3) is 0 Å². The Morgan fingerprint density at radius 2 is 2.11 bits per heavy atom. The minimum absolute atomic E-state index is 0.136. The lowest BCUT2D eigenvalue weighted by Gasteiger charge is -2.09. The molecule has 0 bridgehead atoms. The molecular formula is C16H19NO2. The van der Waals surface area contributed by atoms with Crippen LogP contribution in [0.15, 0.2) is 35.3 Å². The highest BCUT2D eigenvalue weighted by molar-refractivity contribution is 5.82. The van der Waals surface area contributed by atoms with Gasteiger partial charge in [0.05, 0.1) is 5.54 Å². The third-order valence-electron chi connectivity index (χ3n) is 2.75. The molecule has 2 rings (SSSR count). The van der Waals surface area contributed by atoms with Crippen molar-refractivity contribution in [3.63, 3.8) is 0 Å². The van der Waals surface area contributed by atoms with Gasteiger partial charge in [0.2, 0.25) is 5.90 Å². The highest BCUT2D eigenvalue weighted by Gasteiger charge is 2.29. The van der Waals surface area contributed by atoms with E-state index in [4.69, 9.17) is 9.47 Å². The van der Waals surface area contributed by atoms with Gasteiger partial charge in [0, 0.05) is 5.56 Å². The maximum Gasteiger partial charge on any atom is 0.213 e. The minimum atomic E-state index is -0.146. The maximum absolute atomic E-state index is 5.61. The SMILES string of the molecule is CC(OCC#Cc1ccccc1)C1=NC(C)(C)CO1. The second kappa shape index (κ2) is 5.90. The number of nitrogens with zero attached hydrogens (tertiary/aromatic N) is 1. The van der Waals surface area contributed by atoms with Crippen LogP contribution in [0.4, 0.5) is 0 Å². The van der Waals surface area contributed by atoms with Gasteiger partial charge in [-0.05, 0) is 32.9 Å². The first-order valence-electron chi connectivity index (χ1n) is 6.45. The number of hydrogen-bond acceptors (Lipinski definition) is 3. The van der Waals surface area contributed by atoms with Gasteiger partial charge in [-0.3, -0.25) is 0 Å². The van der Waals surface area contributed by atoms with E-state index in [-0.39, 0.29) is 11.6 Å². The van der Waals surface area contributed by atoms with Crippen LogP contribution >= 0.6 is 0 Å². The fraction of sp³-hybridized carbons (Fsp3) is 0.438. The van der Waals surface area contributed by atoms with Gasteiger partial charge in [-0.25, -0.2) is 4.99 Å². The van der Waals surface area contributed by atoms with Crippen molar-refractivity contribution in [2.24, 2.45) is 4.99 Å². The van der Waals surface area contributed by atoms with E-state index in [1.54, 1.807) is 0 Å². The van der Waals surface area contributed by atoms with Gasteiger partial charge in [0.1, 0.15) is 19.3 Å². The lowest BCUT2D eigenvalue weighted by Crippen LogP contribution is -2.21. The molecule has 0 aromatic heterocycles. The standard InChI is InChI=1S/C16H19NO2/c1-13(15-17-16(2,3)12-19-15)18-11-7-10-14-8-5-4-6-9-14/h4-6,8-9,13H,11-12H2,1-3H3. The summed E-state index contributed by atoms with van der Waals surface area (Å²) in [4.78, 5) is 4.48. The van der Waals surface area contributed by atoms with Crippen LogP contribution in [0, 0.1) is 11.8 Å². The second-order valence-corrected chi connectivity index (χ2v) is 5.17. The summed E-state index contributed by atoms with van der Waals surface area (Å²) in [6.45, 7) is 7.01. The van der Waals surface area contributed by atoms with Crippen LogP contribution in [0.2, 0.25) is 0 Å². The molecule has 0 saturated heterocycles. The van der Waals surface area contributed by atoms with E-state index in [2.05, 4.69) is 16.8 Å². The van der Waals surface area contributed by atoms with E-state index in [9.17, 15) is 0 Å². The predicted octanol–water partition coefficient (Wildman–Crippen LogP) is 2.65. The minimum Gasteiger partial charge on any atom is -0.477 e. The molecule has 1 atom stereocenters. The van der Waals surface area contributed by atoms with E-state index in [0.29, 0.717) is 19.1 Å². The molecular weight excluding hydrogens is 238 g/mol. The summed E-state index contributed by atoms with van der Waals surface area (Å²) in [6, 6.07) is 9.86. The highest BCUT2D eigenvalue weighted by Crippen LogP contribution is 2.19. The van der Waals surface area contributed by atoms with E-state index in [1.807, 2.05) is 51.1 Å². The largest absolute Gasteiger partial charge is 0.477 e. The molecule has 3 nitrogen and oxygen atoms in total. The second-order valence-electron chi connectivity index (χ2n) is 5.17. The van der Waals surface area contributed by atoms with Gasteiger partial charge in [-0.2, -0.15) is 0 Å².